The summed E-state index contributed by atoms with van der Waals surface area (Å²) in [6.45, 7) is 0. The van der Waals surface area contributed by atoms with Gasteiger partial charge in [-0.15, -0.1) is 11.8 Å². The molecule has 0 spiro atoms. The lowest BCUT2D eigenvalue weighted by Crippen LogP contribution is -2.30. The van der Waals surface area contributed by atoms with Crippen molar-refractivity contribution in [2.75, 3.05) is 32.4 Å². The molecule has 8 nitrogen and oxygen atoms in total. The molecule has 2 N–H and O–H groups in total. The van der Waals surface area contributed by atoms with Crippen LogP contribution in [0.2, 0.25) is 0 Å². The molecule has 4 aromatic rings. The highest BCUT2D eigenvalue weighted by Crippen LogP contribution is 2.32. The van der Waals surface area contributed by atoms with E-state index >= 15 is 0 Å². The fourth-order valence-electron chi connectivity index (χ4n) is 3.97. The Kier molecular flexibility index (Phi) is 10.4. The van der Waals surface area contributed by atoms with Crippen molar-refractivity contribution < 1.29 is 28.6 Å². The molecule has 2 amide bonds. The Labute approximate surface area is 248 Å². The molecule has 0 aromatic heterocycles. The molecular weight excluding hydrogens is 552 g/mol. The van der Waals surface area contributed by atoms with Gasteiger partial charge in [0.25, 0.3) is 11.8 Å². The molecule has 0 saturated heterocycles. The van der Waals surface area contributed by atoms with Crippen LogP contribution in [0.4, 0.5) is 5.69 Å². The van der Waals surface area contributed by atoms with Gasteiger partial charge in [0.1, 0.15) is 11.4 Å². The number of hydrogen-bond acceptors (Lipinski definition) is 7. The molecule has 4 rings (SSSR count). The number of rotatable bonds is 12. The summed E-state index contributed by atoms with van der Waals surface area (Å²) in [6.07, 6.45) is 1.53. The zero-order valence-electron chi connectivity index (χ0n) is 23.4. The van der Waals surface area contributed by atoms with Crippen molar-refractivity contribution in [3.8, 4) is 17.2 Å². The van der Waals surface area contributed by atoms with Gasteiger partial charge >= 0.3 is 0 Å². The van der Waals surface area contributed by atoms with Gasteiger partial charge in [0, 0.05) is 27.3 Å². The second kappa shape index (κ2) is 14.6. The fraction of sp³-hybridized carbons (Fsp3) is 0.121. The number of methoxy groups -OCH3 is 3. The first-order valence-corrected chi connectivity index (χ1v) is 13.9. The molecule has 0 aliphatic carbocycles. The summed E-state index contributed by atoms with van der Waals surface area (Å²) in [5.74, 6) is 0.892. The summed E-state index contributed by atoms with van der Waals surface area (Å²) in [4.78, 5) is 39.8. The van der Waals surface area contributed by atoms with E-state index in [2.05, 4.69) is 10.6 Å². The van der Waals surface area contributed by atoms with Crippen molar-refractivity contribution in [2.24, 2.45) is 0 Å². The number of ketones is 1. The number of Topliss-reactive ketones (excluding diaryl/α,β-unsaturated/α-hetero) is 1. The Balaban J connectivity index is 1.49. The molecule has 0 unspecified atom stereocenters. The van der Waals surface area contributed by atoms with Gasteiger partial charge in [0.2, 0.25) is 0 Å². The number of hydrogen-bond donors (Lipinski definition) is 2. The van der Waals surface area contributed by atoms with Crippen LogP contribution in [0.1, 0.15) is 26.3 Å². The van der Waals surface area contributed by atoms with Crippen molar-refractivity contribution in [3.05, 3.63) is 119 Å². The zero-order valence-corrected chi connectivity index (χ0v) is 24.2. The number of ether oxygens (including phenoxy) is 3. The van der Waals surface area contributed by atoms with E-state index in [-0.39, 0.29) is 17.2 Å². The molecule has 0 heterocycles. The first-order valence-electron chi connectivity index (χ1n) is 12.9. The van der Waals surface area contributed by atoms with Gasteiger partial charge in [0.05, 0.1) is 27.1 Å². The van der Waals surface area contributed by atoms with E-state index in [0.717, 1.165) is 4.90 Å². The third-order valence-electron chi connectivity index (χ3n) is 6.16. The van der Waals surface area contributed by atoms with Crippen molar-refractivity contribution >= 4 is 41.1 Å². The number of carbonyl (C=O) groups excluding carboxylic acids is 3. The smallest absolute Gasteiger partial charge is 0.272 e. The maximum Gasteiger partial charge on any atom is 0.272 e. The largest absolute Gasteiger partial charge is 0.497 e. The maximum atomic E-state index is 13.4. The summed E-state index contributed by atoms with van der Waals surface area (Å²) >= 11 is 1.39. The van der Waals surface area contributed by atoms with Gasteiger partial charge < -0.3 is 24.8 Å². The van der Waals surface area contributed by atoms with Crippen LogP contribution >= 0.6 is 11.8 Å². The van der Waals surface area contributed by atoms with Gasteiger partial charge in [-0.3, -0.25) is 14.4 Å². The van der Waals surface area contributed by atoms with Gasteiger partial charge in [-0.05, 0) is 72.8 Å². The van der Waals surface area contributed by atoms with Crippen molar-refractivity contribution in [2.45, 2.75) is 4.90 Å². The minimum Gasteiger partial charge on any atom is -0.497 e. The van der Waals surface area contributed by atoms with Gasteiger partial charge in [-0.2, -0.15) is 0 Å². The highest BCUT2D eigenvalue weighted by atomic mass is 32.2. The lowest BCUT2D eigenvalue weighted by atomic mass is 10.1. The molecule has 0 aliphatic rings. The summed E-state index contributed by atoms with van der Waals surface area (Å²) in [6, 6.07) is 28.0. The lowest BCUT2D eigenvalue weighted by Gasteiger charge is -2.14. The second-order valence-electron chi connectivity index (χ2n) is 8.88. The number of amides is 2. The highest BCUT2D eigenvalue weighted by Gasteiger charge is 2.17. The first-order chi connectivity index (χ1) is 20.4. The van der Waals surface area contributed by atoms with Gasteiger partial charge in [-0.25, -0.2) is 0 Å². The molecule has 4 aromatic carbocycles. The van der Waals surface area contributed by atoms with Crippen LogP contribution in [-0.4, -0.2) is 44.7 Å². The summed E-state index contributed by atoms with van der Waals surface area (Å²) in [5.41, 5.74) is 2.09. The minimum atomic E-state index is -0.528. The number of para-hydroxylation sites is 1. The van der Waals surface area contributed by atoms with E-state index in [9.17, 15) is 14.4 Å². The third-order valence-corrected chi connectivity index (χ3v) is 7.17. The summed E-state index contributed by atoms with van der Waals surface area (Å²) in [7, 11) is 4.60. The molecule has 0 saturated carbocycles. The predicted octanol–water partition coefficient (Wildman–Crippen LogP) is 6.10. The molecule has 214 valence electrons. The molecule has 9 heteroatoms. The Hall–Kier alpha value is -5.02. The quantitative estimate of drug-likeness (QED) is 0.118. The van der Waals surface area contributed by atoms with Crippen LogP contribution in [0.25, 0.3) is 6.08 Å². The van der Waals surface area contributed by atoms with Crippen LogP contribution in [0, 0.1) is 0 Å². The third kappa shape index (κ3) is 7.80. The predicted molar refractivity (Wildman–Crippen MR) is 165 cm³/mol. The Morgan fingerprint density at radius 2 is 1.45 bits per heavy atom. The number of benzene rings is 4. The summed E-state index contributed by atoms with van der Waals surface area (Å²) in [5, 5.41) is 5.55. The molecule has 0 atom stereocenters. The number of anilines is 1. The second-order valence-corrected chi connectivity index (χ2v) is 9.93. The standard InChI is InChI=1S/C33H30N2O6S/c1-39-26-16-12-22(13-17-26)29(36)21-42-27-18-14-25(15-19-27)34-33(38)28(35-32(37)23-8-5-4-6-9-23)20-24-10-7-11-30(40-2)31(24)41-3/h4-20H,21H2,1-3H3,(H,34,38)(H,35,37)/b28-20-. The number of nitrogens with one attached hydrogen (secondary N) is 2. The zero-order chi connectivity index (χ0) is 29.9. The van der Waals surface area contributed by atoms with Crippen LogP contribution < -0.4 is 24.8 Å². The van der Waals surface area contributed by atoms with E-state index in [4.69, 9.17) is 14.2 Å². The van der Waals surface area contributed by atoms with E-state index in [1.165, 1.54) is 32.1 Å². The normalized spacial score (nSPS) is 10.9. The SMILES string of the molecule is COc1ccc(C(=O)CSc2ccc(NC(=O)/C(=C/c3cccc(OC)c3OC)NC(=O)c3ccccc3)cc2)cc1. The van der Waals surface area contributed by atoms with Gasteiger partial charge in [0.15, 0.2) is 17.3 Å². The molecule has 0 fully saturated rings. The van der Waals surface area contributed by atoms with Crippen molar-refractivity contribution in [1.29, 1.82) is 0 Å². The van der Waals surface area contributed by atoms with Crippen LogP contribution in [0.5, 0.6) is 17.2 Å². The fourth-order valence-corrected chi connectivity index (χ4v) is 4.76. The van der Waals surface area contributed by atoms with E-state index in [0.29, 0.717) is 39.6 Å². The van der Waals surface area contributed by atoms with Crippen LogP contribution in [0.15, 0.2) is 108 Å². The number of thioether (sulfide) groups is 1. The van der Waals surface area contributed by atoms with E-state index in [1.807, 2.05) is 12.1 Å². The van der Waals surface area contributed by atoms with Gasteiger partial charge in [-0.1, -0.05) is 30.3 Å². The highest BCUT2D eigenvalue weighted by molar-refractivity contribution is 8.00. The average Bonchev–Trinajstić information content (AvgIpc) is 3.04. The topological polar surface area (TPSA) is 103 Å². The average molecular weight is 583 g/mol. The maximum absolute atomic E-state index is 13.4. The van der Waals surface area contributed by atoms with Crippen molar-refractivity contribution in [3.63, 3.8) is 0 Å². The summed E-state index contributed by atoms with van der Waals surface area (Å²) < 4.78 is 16.0. The van der Waals surface area contributed by atoms with E-state index in [1.54, 1.807) is 92.0 Å². The molecule has 0 bridgehead atoms. The van der Waals surface area contributed by atoms with E-state index < -0.39 is 11.8 Å². The monoisotopic (exact) mass is 582 g/mol. The first kappa shape index (κ1) is 30.0. The lowest BCUT2D eigenvalue weighted by molar-refractivity contribution is -0.113. The molecular formula is C33H30N2O6S. The van der Waals surface area contributed by atoms with Crippen LogP contribution in [0.3, 0.4) is 0 Å². The minimum absolute atomic E-state index is 0.00283. The Morgan fingerprint density at radius 3 is 2.10 bits per heavy atom. The molecule has 0 radical (unpaired) electrons. The Morgan fingerprint density at radius 1 is 0.738 bits per heavy atom. The Bertz CT molecular complexity index is 1570. The van der Waals surface area contributed by atoms with Crippen molar-refractivity contribution in [1.82, 2.24) is 5.32 Å². The molecule has 0 aliphatic heterocycles. The number of carbonyl (C=O) groups is 3. The van der Waals surface area contributed by atoms with Crippen LogP contribution in [-0.2, 0) is 4.79 Å². The molecule has 42 heavy (non-hydrogen) atoms.